The van der Waals surface area contributed by atoms with Gasteiger partial charge in [-0.15, -0.1) is 0 Å². The van der Waals surface area contributed by atoms with E-state index in [4.69, 9.17) is 9.26 Å². The van der Waals surface area contributed by atoms with E-state index in [0.717, 1.165) is 12.1 Å². The second kappa shape index (κ2) is 9.57. The normalized spacial score (nSPS) is 11.9. The fourth-order valence-electron chi connectivity index (χ4n) is 2.77. The monoisotopic (exact) mass is 487 g/mol. The number of anilines is 1. The van der Waals surface area contributed by atoms with Crippen LogP contribution in [0, 0.1) is 5.82 Å². The zero-order valence-electron chi connectivity index (χ0n) is 17.0. The van der Waals surface area contributed by atoms with Crippen molar-refractivity contribution in [2.45, 2.75) is 29.7 Å². The van der Waals surface area contributed by atoms with Crippen LogP contribution in [-0.2, 0) is 21.1 Å². The fourth-order valence-corrected chi connectivity index (χ4v) is 3.56. The van der Waals surface area contributed by atoms with Crippen LogP contribution in [0.4, 0.5) is 23.2 Å². The molecule has 0 unspecified atom stereocenters. The number of aryl methyl sites for hydroxylation is 1. The summed E-state index contributed by atoms with van der Waals surface area (Å²) in [6.45, 7) is 0. The predicted octanol–water partition coefficient (Wildman–Crippen LogP) is 4.14. The number of halogens is 4. The molecule has 0 atom stereocenters. The van der Waals surface area contributed by atoms with Gasteiger partial charge >= 0.3 is 5.51 Å². The van der Waals surface area contributed by atoms with Crippen molar-refractivity contribution in [1.29, 1.82) is 0 Å². The zero-order chi connectivity index (χ0) is 24.2. The number of hydrogen-bond acceptors (Lipinski definition) is 7. The van der Waals surface area contributed by atoms with Gasteiger partial charge in [0.15, 0.2) is 0 Å². The lowest BCUT2D eigenvalue weighted by Gasteiger charge is -2.13. The summed E-state index contributed by atoms with van der Waals surface area (Å²) >= 11 is 0. The van der Waals surface area contributed by atoms with E-state index in [1.807, 2.05) is 0 Å². The van der Waals surface area contributed by atoms with E-state index in [1.54, 1.807) is 0 Å². The van der Waals surface area contributed by atoms with Crippen LogP contribution in [0.3, 0.4) is 0 Å². The SMILES string of the molecule is COc1ccc(S(=O)(=O)C(F)(F)F)cc1NC(=O)CCCc1nc(-c2ccc(F)cc2)no1. The summed E-state index contributed by atoms with van der Waals surface area (Å²) in [7, 11) is -4.37. The van der Waals surface area contributed by atoms with Gasteiger partial charge in [0, 0.05) is 18.4 Å². The van der Waals surface area contributed by atoms with Gasteiger partial charge in [-0.3, -0.25) is 4.79 Å². The molecule has 1 heterocycles. The van der Waals surface area contributed by atoms with Crippen LogP contribution in [0.5, 0.6) is 5.75 Å². The molecular weight excluding hydrogens is 470 g/mol. The molecule has 0 spiro atoms. The Labute approximate surface area is 185 Å². The smallest absolute Gasteiger partial charge is 0.495 e. The number of aromatic nitrogens is 2. The summed E-state index contributed by atoms with van der Waals surface area (Å²) in [4.78, 5) is 15.4. The Morgan fingerprint density at radius 1 is 1.15 bits per heavy atom. The number of carbonyl (C=O) groups is 1. The first kappa shape index (κ1) is 24.2. The molecule has 1 N–H and O–H groups in total. The minimum atomic E-state index is -5.59. The van der Waals surface area contributed by atoms with Crippen LogP contribution in [0.25, 0.3) is 11.4 Å². The lowest BCUT2D eigenvalue weighted by Crippen LogP contribution is -2.23. The van der Waals surface area contributed by atoms with Crippen LogP contribution in [0.15, 0.2) is 51.9 Å². The van der Waals surface area contributed by atoms with E-state index in [2.05, 4.69) is 15.5 Å². The maximum Gasteiger partial charge on any atom is 0.501 e. The Balaban J connectivity index is 1.62. The number of benzene rings is 2. The number of sulfone groups is 1. The first-order valence-electron chi connectivity index (χ1n) is 9.39. The van der Waals surface area contributed by atoms with Crippen molar-refractivity contribution < 1.29 is 40.0 Å². The van der Waals surface area contributed by atoms with Gasteiger partial charge in [-0.05, 0) is 48.9 Å². The highest BCUT2D eigenvalue weighted by Crippen LogP contribution is 2.34. The molecule has 176 valence electrons. The van der Waals surface area contributed by atoms with Crippen LogP contribution >= 0.6 is 0 Å². The molecule has 3 rings (SSSR count). The minimum Gasteiger partial charge on any atom is -0.495 e. The lowest BCUT2D eigenvalue weighted by molar-refractivity contribution is -0.116. The second-order valence-corrected chi connectivity index (χ2v) is 8.67. The molecule has 8 nitrogen and oxygen atoms in total. The van der Waals surface area contributed by atoms with Gasteiger partial charge in [0.25, 0.3) is 9.84 Å². The van der Waals surface area contributed by atoms with Crippen molar-refractivity contribution in [3.8, 4) is 17.1 Å². The number of nitrogens with zero attached hydrogens (tertiary/aromatic N) is 2. The summed E-state index contributed by atoms with van der Waals surface area (Å²) < 4.78 is 84.7. The average molecular weight is 487 g/mol. The molecule has 0 aliphatic rings. The van der Waals surface area contributed by atoms with Gasteiger partial charge in [-0.1, -0.05) is 5.16 Å². The number of ether oxygens (including phenoxy) is 1. The summed E-state index contributed by atoms with van der Waals surface area (Å²) in [5, 5.41) is 6.13. The van der Waals surface area contributed by atoms with E-state index in [-0.39, 0.29) is 42.4 Å². The van der Waals surface area contributed by atoms with Gasteiger partial charge < -0.3 is 14.6 Å². The zero-order valence-corrected chi connectivity index (χ0v) is 17.8. The molecule has 1 aromatic heterocycles. The van der Waals surface area contributed by atoms with Crippen molar-refractivity contribution in [2.75, 3.05) is 12.4 Å². The molecule has 0 aliphatic carbocycles. The Hall–Kier alpha value is -3.48. The first-order chi connectivity index (χ1) is 15.5. The number of rotatable bonds is 8. The van der Waals surface area contributed by atoms with Crippen molar-refractivity contribution >= 4 is 21.4 Å². The van der Waals surface area contributed by atoms with Crippen LogP contribution in [0.1, 0.15) is 18.7 Å². The van der Waals surface area contributed by atoms with Crippen molar-refractivity contribution in [3.63, 3.8) is 0 Å². The molecule has 0 aliphatic heterocycles. The van der Waals surface area contributed by atoms with Crippen molar-refractivity contribution in [1.82, 2.24) is 10.1 Å². The van der Waals surface area contributed by atoms with Gasteiger partial charge in [0.2, 0.25) is 17.6 Å². The summed E-state index contributed by atoms with van der Waals surface area (Å²) in [6, 6.07) is 7.91. The van der Waals surface area contributed by atoms with Crippen LogP contribution in [0.2, 0.25) is 0 Å². The van der Waals surface area contributed by atoms with Crippen LogP contribution in [-0.4, -0.2) is 37.1 Å². The number of alkyl halides is 3. The van der Waals surface area contributed by atoms with E-state index >= 15 is 0 Å². The highest BCUT2D eigenvalue weighted by atomic mass is 32.2. The average Bonchev–Trinajstić information content (AvgIpc) is 3.22. The predicted molar refractivity (Wildman–Crippen MR) is 107 cm³/mol. The Morgan fingerprint density at radius 2 is 1.85 bits per heavy atom. The largest absolute Gasteiger partial charge is 0.501 e. The van der Waals surface area contributed by atoms with E-state index in [0.29, 0.717) is 11.6 Å². The number of nitrogens with one attached hydrogen (secondary N) is 1. The molecular formula is C20H17F4N3O5S. The molecule has 0 radical (unpaired) electrons. The first-order valence-corrected chi connectivity index (χ1v) is 10.9. The van der Waals surface area contributed by atoms with E-state index < -0.39 is 32.0 Å². The Kier molecular flexibility index (Phi) is 7.01. The quantitative estimate of drug-likeness (QED) is 0.476. The topological polar surface area (TPSA) is 111 Å². The fraction of sp³-hybridized carbons (Fsp3) is 0.250. The Morgan fingerprint density at radius 3 is 2.48 bits per heavy atom. The number of methoxy groups -OCH3 is 1. The van der Waals surface area contributed by atoms with Gasteiger partial charge in [0.1, 0.15) is 11.6 Å². The van der Waals surface area contributed by atoms with Crippen molar-refractivity contribution in [3.05, 3.63) is 54.2 Å². The van der Waals surface area contributed by atoms with E-state index in [9.17, 15) is 30.8 Å². The molecule has 0 bridgehead atoms. The van der Waals surface area contributed by atoms with Gasteiger partial charge in [-0.25, -0.2) is 12.8 Å². The summed E-state index contributed by atoms with van der Waals surface area (Å²) in [5.74, 6) is -0.523. The van der Waals surface area contributed by atoms with Crippen molar-refractivity contribution in [2.24, 2.45) is 0 Å². The molecule has 13 heteroatoms. The van der Waals surface area contributed by atoms with E-state index in [1.165, 1.54) is 31.4 Å². The lowest BCUT2D eigenvalue weighted by atomic mass is 10.2. The summed E-state index contributed by atoms with van der Waals surface area (Å²) in [5.41, 5.74) is -5.16. The molecule has 0 fully saturated rings. The number of amides is 1. The third-order valence-corrected chi connectivity index (χ3v) is 5.91. The second-order valence-electron chi connectivity index (χ2n) is 6.73. The molecule has 0 saturated heterocycles. The Bertz CT molecular complexity index is 1240. The van der Waals surface area contributed by atoms with Gasteiger partial charge in [-0.2, -0.15) is 18.2 Å². The molecule has 2 aromatic carbocycles. The molecule has 1 amide bonds. The maximum atomic E-state index is 13.0. The minimum absolute atomic E-state index is 0.00897. The maximum absolute atomic E-state index is 13.0. The molecule has 3 aromatic rings. The van der Waals surface area contributed by atoms with Gasteiger partial charge in [0.05, 0.1) is 17.7 Å². The highest BCUT2D eigenvalue weighted by Gasteiger charge is 2.47. The van der Waals surface area contributed by atoms with Crippen LogP contribution < -0.4 is 10.1 Å². The third-order valence-electron chi connectivity index (χ3n) is 4.43. The third kappa shape index (κ3) is 5.66. The number of carbonyl (C=O) groups excluding carboxylic acids is 1. The molecule has 0 saturated carbocycles. The highest BCUT2D eigenvalue weighted by molar-refractivity contribution is 7.92. The summed E-state index contributed by atoms with van der Waals surface area (Å²) in [6.07, 6.45) is 0.397. The standard InChI is InChI=1S/C20H17F4N3O5S/c1-31-16-10-9-14(33(29,30)20(22,23)24)11-15(16)25-17(28)3-2-4-18-26-19(27-32-18)12-5-7-13(21)8-6-12/h5-11H,2-4H2,1H3,(H,25,28). The number of hydrogen-bond donors (Lipinski definition) is 1. The molecule has 33 heavy (non-hydrogen) atoms.